The van der Waals surface area contributed by atoms with Crippen molar-refractivity contribution < 1.29 is 4.79 Å². The zero-order valence-corrected chi connectivity index (χ0v) is 14.6. The third-order valence-electron chi connectivity index (χ3n) is 3.65. The van der Waals surface area contributed by atoms with Gasteiger partial charge < -0.3 is 5.32 Å². The quantitative estimate of drug-likeness (QED) is 0.811. The number of carbonyl (C=O) groups is 1. The largest absolute Gasteiger partial charge is 0.312 e. The smallest absolute Gasteiger partial charge is 0.266 e. The van der Waals surface area contributed by atoms with E-state index in [9.17, 15) is 10.1 Å². The van der Waals surface area contributed by atoms with E-state index in [0.717, 1.165) is 28.6 Å². The molecular formula is C15H13BrN2OS2. The van der Waals surface area contributed by atoms with E-state index >= 15 is 0 Å². The van der Waals surface area contributed by atoms with E-state index < -0.39 is 0 Å². The Hall–Kier alpha value is -1.16. The van der Waals surface area contributed by atoms with Crippen LogP contribution in [0.3, 0.4) is 0 Å². The highest BCUT2D eigenvalue weighted by molar-refractivity contribution is 9.11. The number of nitrogens with zero attached hydrogens (tertiary/aromatic N) is 1. The summed E-state index contributed by atoms with van der Waals surface area (Å²) < 4.78 is 0.924. The Morgan fingerprint density at radius 1 is 1.48 bits per heavy atom. The Bertz CT molecular complexity index is 741. The lowest BCUT2D eigenvalue weighted by Crippen LogP contribution is -2.10. The third-order valence-corrected chi connectivity index (χ3v) is 6.44. The number of carbonyl (C=O) groups excluding carboxylic acids is 1. The zero-order valence-electron chi connectivity index (χ0n) is 11.4. The highest BCUT2D eigenvalue weighted by Gasteiger charge is 2.25. The highest BCUT2D eigenvalue weighted by atomic mass is 79.9. The molecule has 1 aliphatic carbocycles. The predicted molar refractivity (Wildman–Crippen MR) is 90.2 cm³/mol. The Labute approximate surface area is 139 Å². The number of hydrogen-bond donors (Lipinski definition) is 1. The molecule has 1 N–H and O–H groups in total. The molecule has 3 rings (SSSR count). The number of thiophene rings is 2. The molecule has 1 atom stereocenters. The lowest BCUT2D eigenvalue weighted by Gasteiger charge is -2.17. The van der Waals surface area contributed by atoms with Gasteiger partial charge in [-0.25, -0.2) is 0 Å². The normalized spacial score (nSPS) is 17.1. The molecule has 0 radical (unpaired) electrons. The van der Waals surface area contributed by atoms with Gasteiger partial charge in [0.05, 0.1) is 14.2 Å². The number of nitrogens with one attached hydrogen (secondary N) is 1. The minimum Gasteiger partial charge on any atom is -0.312 e. The van der Waals surface area contributed by atoms with Crippen LogP contribution in [-0.2, 0) is 12.8 Å². The number of halogens is 1. The molecule has 1 aliphatic rings. The molecule has 0 saturated heterocycles. The minimum absolute atomic E-state index is 0.145. The second kappa shape index (κ2) is 5.91. The molecule has 21 heavy (non-hydrogen) atoms. The molecule has 1 amide bonds. The number of nitriles is 1. The summed E-state index contributed by atoms with van der Waals surface area (Å²) in [6.07, 6.45) is 3.06. The van der Waals surface area contributed by atoms with Gasteiger partial charge in [0.2, 0.25) is 0 Å². The molecule has 0 bridgehead atoms. The van der Waals surface area contributed by atoms with Crippen molar-refractivity contribution in [1.82, 2.24) is 0 Å². The van der Waals surface area contributed by atoms with Crippen LogP contribution in [0.2, 0.25) is 0 Å². The first kappa shape index (κ1) is 14.8. The molecule has 2 heterocycles. The summed E-state index contributed by atoms with van der Waals surface area (Å²) in [5.74, 6) is 0.508. The molecular weight excluding hydrogens is 368 g/mol. The molecule has 108 valence electrons. The predicted octanol–water partition coefficient (Wildman–Crippen LogP) is 4.82. The topological polar surface area (TPSA) is 52.9 Å². The maximum atomic E-state index is 12.2. The zero-order chi connectivity index (χ0) is 15.0. The van der Waals surface area contributed by atoms with Gasteiger partial charge in [0, 0.05) is 4.88 Å². The van der Waals surface area contributed by atoms with E-state index in [1.54, 1.807) is 17.4 Å². The maximum absolute atomic E-state index is 12.2. The molecule has 0 saturated carbocycles. The first-order chi connectivity index (χ1) is 10.1. The molecule has 2 aromatic rings. The van der Waals surface area contributed by atoms with E-state index in [-0.39, 0.29) is 5.91 Å². The number of rotatable bonds is 2. The van der Waals surface area contributed by atoms with E-state index in [1.165, 1.54) is 16.2 Å². The van der Waals surface area contributed by atoms with E-state index in [2.05, 4.69) is 34.2 Å². The summed E-state index contributed by atoms with van der Waals surface area (Å²) in [6, 6.07) is 5.91. The molecule has 6 heteroatoms. The molecule has 0 fully saturated rings. The van der Waals surface area contributed by atoms with Crippen LogP contribution >= 0.6 is 38.6 Å². The molecule has 0 aliphatic heterocycles. The van der Waals surface area contributed by atoms with Crippen molar-refractivity contribution in [1.29, 1.82) is 5.26 Å². The Balaban J connectivity index is 1.89. The average Bonchev–Trinajstić information content (AvgIpc) is 3.01. The lowest BCUT2D eigenvalue weighted by atomic mass is 9.89. The third kappa shape index (κ3) is 2.91. The highest BCUT2D eigenvalue weighted by Crippen LogP contribution is 2.39. The van der Waals surface area contributed by atoms with Crippen molar-refractivity contribution >= 4 is 49.5 Å². The summed E-state index contributed by atoms with van der Waals surface area (Å²) in [5, 5.41) is 13.0. The van der Waals surface area contributed by atoms with E-state index in [4.69, 9.17) is 0 Å². The van der Waals surface area contributed by atoms with Crippen LogP contribution in [0.25, 0.3) is 0 Å². The second-order valence-electron chi connectivity index (χ2n) is 5.23. The van der Waals surface area contributed by atoms with Crippen LogP contribution in [0.15, 0.2) is 15.9 Å². The van der Waals surface area contributed by atoms with Crippen LogP contribution in [0.5, 0.6) is 0 Å². The summed E-state index contributed by atoms with van der Waals surface area (Å²) in [7, 11) is 0. The molecule has 0 unspecified atom stereocenters. The van der Waals surface area contributed by atoms with Gasteiger partial charge in [-0.1, -0.05) is 6.92 Å². The Kier molecular flexibility index (Phi) is 4.16. The average molecular weight is 381 g/mol. The van der Waals surface area contributed by atoms with Crippen LogP contribution in [-0.4, -0.2) is 5.91 Å². The van der Waals surface area contributed by atoms with E-state index in [1.807, 2.05) is 6.07 Å². The second-order valence-corrected chi connectivity index (χ2v) is 8.79. The fourth-order valence-corrected chi connectivity index (χ4v) is 5.20. The summed E-state index contributed by atoms with van der Waals surface area (Å²) in [6.45, 7) is 2.23. The molecule has 0 spiro atoms. The van der Waals surface area contributed by atoms with Crippen LogP contribution in [0.4, 0.5) is 5.00 Å². The van der Waals surface area contributed by atoms with Crippen molar-refractivity contribution in [2.75, 3.05) is 5.32 Å². The molecule has 0 aromatic carbocycles. The minimum atomic E-state index is -0.145. The first-order valence-corrected chi connectivity index (χ1v) is 9.12. The van der Waals surface area contributed by atoms with Crippen LogP contribution in [0, 0.1) is 17.2 Å². The van der Waals surface area contributed by atoms with Crippen molar-refractivity contribution in [3.8, 4) is 6.07 Å². The molecule has 3 nitrogen and oxygen atoms in total. The van der Waals surface area contributed by atoms with Gasteiger partial charge in [0.15, 0.2) is 0 Å². The van der Waals surface area contributed by atoms with Crippen molar-refractivity contribution in [2.45, 2.75) is 26.2 Å². The van der Waals surface area contributed by atoms with Crippen molar-refractivity contribution in [3.63, 3.8) is 0 Å². The Morgan fingerprint density at radius 2 is 2.29 bits per heavy atom. The number of anilines is 1. The first-order valence-electron chi connectivity index (χ1n) is 6.69. The van der Waals surface area contributed by atoms with Crippen LogP contribution < -0.4 is 5.32 Å². The fourth-order valence-electron chi connectivity index (χ4n) is 2.56. The maximum Gasteiger partial charge on any atom is 0.266 e. The summed E-state index contributed by atoms with van der Waals surface area (Å²) >= 11 is 6.30. The Morgan fingerprint density at radius 3 is 2.95 bits per heavy atom. The van der Waals surface area contributed by atoms with Crippen molar-refractivity contribution in [2.24, 2.45) is 5.92 Å². The van der Waals surface area contributed by atoms with E-state index in [0.29, 0.717) is 21.4 Å². The molecule has 2 aromatic heterocycles. The number of fused-ring (bicyclic) bond motifs is 1. The summed E-state index contributed by atoms with van der Waals surface area (Å²) in [5.41, 5.74) is 1.80. The number of hydrogen-bond acceptors (Lipinski definition) is 4. The SMILES string of the molecule is C[C@H]1CCc2c(sc(NC(=O)c3ccc(Br)s3)c2C#N)C1. The van der Waals surface area contributed by atoms with Gasteiger partial charge in [-0.05, 0) is 58.8 Å². The summed E-state index contributed by atoms with van der Waals surface area (Å²) in [4.78, 5) is 14.1. The lowest BCUT2D eigenvalue weighted by molar-refractivity contribution is 0.103. The van der Waals surface area contributed by atoms with Gasteiger partial charge in [-0.2, -0.15) is 5.26 Å². The van der Waals surface area contributed by atoms with Crippen LogP contribution in [0.1, 0.15) is 39.0 Å². The van der Waals surface area contributed by atoms with Gasteiger partial charge >= 0.3 is 0 Å². The van der Waals surface area contributed by atoms with Gasteiger partial charge in [0.1, 0.15) is 11.1 Å². The number of amides is 1. The standard InChI is InChI=1S/C15H13BrN2OS2/c1-8-2-3-9-10(7-17)15(21-12(9)6-8)18-14(19)11-4-5-13(16)20-11/h4-5,8H,2-3,6H2,1H3,(H,18,19)/t8-/m0/s1. The monoisotopic (exact) mass is 380 g/mol. The van der Waals surface area contributed by atoms with Gasteiger partial charge in [-0.3, -0.25) is 4.79 Å². The van der Waals surface area contributed by atoms with Gasteiger partial charge in [0.25, 0.3) is 5.91 Å². The fraction of sp³-hybridized carbons (Fsp3) is 0.333. The van der Waals surface area contributed by atoms with Crippen molar-refractivity contribution in [3.05, 3.63) is 36.8 Å². The van der Waals surface area contributed by atoms with Gasteiger partial charge in [-0.15, -0.1) is 22.7 Å².